The SMILES string of the molecule is Cc1nc(NC(=O)C[C@@H](CC#N)NC(=O)c2cccc(C3C=NN(C)C3)n2)sc1C(=O)OC(C)(C)C. The van der Waals surface area contributed by atoms with Crippen LogP contribution in [0.2, 0.25) is 0 Å². The molecule has 2 N–H and O–H groups in total. The summed E-state index contributed by atoms with van der Waals surface area (Å²) in [4.78, 5) is 46.8. The van der Waals surface area contributed by atoms with Gasteiger partial charge in [-0.05, 0) is 39.8 Å². The van der Waals surface area contributed by atoms with E-state index >= 15 is 0 Å². The lowest BCUT2D eigenvalue weighted by molar-refractivity contribution is -0.116. The van der Waals surface area contributed by atoms with Crippen LogP contribution in [0.5, 0.6) is 0 Å². The Labute approximate surface area is 213 Å². The van der Waals surface area contributed by atoms with Crippen LogP contribution in [0.3, 0.4) is 0 Å². The van der Waals surface area contributed by atoms with Gasteiger partial charge in [-0.3, -0.25) is 14.6 Å². The van der Waals surface area contributed by atoms with Gasteiger partial charge in [-0.15, -0.1) is 0 Å². The second kappa shape index (κ2) is 11.3. The number of nitriles is 1. The number of rotatable bonds is 8. The standard InChI is InChI=1S/C24H29N7O4S/c1-14-20(22(34)35-24(2,3)4)36-23(27-14)30-19(32)11-16(9-10-25)28-21(33)18-8-6-7-17(29-18)15-12-26-31(5)13-15/h6-8,12,15-16H,9,11,13H2,1-5H3,(H,28,33)(H,27,30,32)/t15?,16-/m1/s1. The third-order valence-corrected chi connectivity index (χ3v) is 6.07. The summed E-state index contributed by atoms with van der Waals surface area (Å²) in [5.74, 6) is -1.47. The van der Waals surface area contributed by atoms with E-state index in [9.17, 15) is 19.6 Å². The summed E-state index contributed by atoms with van der Waals surface area (Å²) >= 11 is 1.01. The molecule has 36 heavy (non-hydrogen) atoms. The van der Waals surface area contributed by atoms with Crippen molar-refractivity contribution < 1.29 is 19.1 Å². The summed E-state index contributed by atoms with van der Waals surface area (Å²) in [5, 5.41) is 20.8. The Morgan fingerprint density at radius 2 is 2.06 bits per heavy atom. The number of anilines is 1. The number of aromatic nitrogens is 2. The lowest BCUT2D eigenvalue weighted by Crippen LogP contribution is -2.38. The fourth-order valence-corrected chi connectivity index (χ4v) is 4.29. The summed E-state index contributed by atoms with van der Waals surface area (Å²) in [5.41, 5.74) is 0.687. The molecule has 2 aromatic heterocycles. The zero-order valence-electron chi connectivity index (χ0n) is 20.9. The van der Waals surface area contributed by atoms with E-state index in [4.69, 9.17) is 4.74 Å². The van der Waals surface area contributed by atoms with Crippen LogP contribution in [0.25, 0.3) is 0 Å². The van der Waals surface area contributed by atoms with Gasteiger partial charge in [-0.2, -0.15) is 10.4 Å². The highest BCUT2D eigenvalue weighted by molar-refractivity contribution is 7.17. The molecule has 1 aliphatic rings. The largest absolute Gasteiger partial charge is 0.456 e. The average Bonchev–Trinajstić information content (AvgIpc) is 3.38. The number of likely N-dealkylation sites (N-methyl/N-ethyl adjacent to an activating group) is 1. The molecule has 0 radical (unpaired) electrons. The minimum Gasteiger partial charge on any atom is -0.456 e. The number of aryl methyl sites for hydroxylation is 1. The predicted octanol–water partition coefficient (Wildman–Crippen LogP) is 2.86. The Morgan fingerprint density at radius 3 is 2.69 bits per heavy atom. The summed E-state index contributed by atoms with van der Waals surface area (Å²) in [6.45, 7) is 7.62. The third-order valence-electron chi connectivity index (χ3n) is 5.02. The lowest BCUT2D eigenvalue weighted by Gasteiger charge is -2.18. The second-order valence-electron chi connectivity index (χ2n) is 9.38. The summed E-state index contributed by atoms with van der Waals surface area (Å²) < 4.78 is 5.37. The number of pyridine rings is 1. The molecule has 0 spiro atoms. The molecule has 2 aromatic rings. The van der Waals surface area contributed by atoms with Gasteiger partial charge in [-0.25, -0.2) is 14.8 Å². The first-order valence-electron chi connectivity index (χ1n) is 11.4. The zero-order chi connectivity index (χ0) is 26.5. The lowest BCUT2D eigenvalue weighted by atomic mass is 10.1. The van der Waals surface area contributed by atoms with Crippen molar-refractivity contribution in [2.75, 3.05) is 18.9 Å². The first kappa shape index (κ1) is 26.7. The molecule has 3 heterocycles. The van der Waals surface area contributed by atoms with Crippen LogP contribution in [0, 0.1) is 18.3 Å². The molecule has 1 aliphatic heterocycles. The van der Waals surface area contributed by atoms with Gasteiger partial charge in [-0.1, -0.05) is 17.4 Å². The number of hydrogen-bond acceptors (Lipinski definition) is 10. The van der Waals surface area contributed by atoms with E-state index in [0.29, 0.717) is 22.8 Å². The number of ether oxygens (including phenoxy) is 1. The molecule has 11 nitrogen and oxygen atoms in total. The van der Waals surface area contributed by atoms with E-state index in [-0.39, 0.29) is 29.6 Å². The van der Waals surface area contributed by atoms with Crippen molar-refractivity contribution in [1.29, 1.82) is 5.26 Å². The van der Waals surface area contributed by atoms with E-state index < -0.39 is 29.4 Å². The minimum atomic E-state index is -0.737. The molecule has 1 unspecified atom stereocenters. The fraction of sp³-hybridized carbons (Fsp3) is 0.458. The number of hydrogen-bond donors (Lipinski definition) is 2. The number of esters is 1. The molecule has 0 aromatic carbocycles. The Bertz CT molecular complexity index is 1210. The highest BCUT2D eigenvalue weighted by Gasteiger charge is 2.25. The maximum absolute atomic E-state index is 12.8. The van der Waals surface area contributed by atoms with Crippen molar-refractivity contribution in [3.63, 3.8) is 0 Å². The van der Waals surface area contributed by atoms with Gasteiger partial charge in [0.15, 0.2) is 5.13 Å². The van der Waals surface area contributed by atoms with Crippen LogP contribution >= 0.6 is 11.3 Å². The van der Waals surface area contributed by atoms with Crippen LogP contribution in [0.4, 0.5) is 5.13 Å². The number of carbonyl (C=O) groups is 3. The quantitative estimate of drug-likeness (QED) is 0.514. The molecule has 0 saturated heterocycles. The smallest absolute Gasteiger partial charge is 0.350 e. The highest BCUT2D eigenvalue weighted by Crippen LogP contribution is 2.25. The predicted molar refractivity (Wildman–Crippen MR) is 135 cm³/mol. The van der Waals surface area contributed by atoms with Crippen molar-refractivity contribution >= 4 is 40.5 Å². The number of nitrogens with one attached hydrogen (secondary N) is 2. The van der Waals surface area contributed by atoms with Crippen LogP contribution < -0.4 is 10.6 Å². The van der Waals surface area contributed by atoms with Crippen molar-refractivity contribution in [3.05, 3.63) is 40.2 Å². The Hall–Kier alpha value is -3.85. The van der Waals surface area contributed by atoms with Crippen molar-refractivity contribution in [2.24, 2.45) is 5.10 Å². The molecule has 0 aliphatic carbocycles. The maximum Gasteiger partial charge on any atom is 0.350 e. The average molecular weight is 512 g/mol. The first-order chi connectivity index (χ1) is 16.9. The molecule has 2 amide bonds. The third kappa shape index (κ3) is 7.32. The molecule has 12 heteroatoms. The second-order valence-corrected chi connectivity index (χ2v) is 10.4. The summed E-state index contributed by atoms with van der Waals surface area (Å²) in [7, 11) is 1.86. The van der Waals surface area contributed by atoms with Gasteiger partial charge in [0.05, 0.1) is 35.8 Å². The van der Waals surface area contributed by atoms with Crippen molar-refractivity contribution in [2.45, 2.75) is 58.1 Å². The summed E-state index contributed by atoms with van der Waals surface area (Å²) in [6.07, 6.45) is 1.56. The van der Waals surface area contributed by atoms with Crippen molar-refractivity contribution in [1.82, 2.24) is 20.3 Å². The Kier molecular flexibility index (Phi) is 8.37. The monoisotopic (exact) mass is 511 g/mol. The zero-order valence-corrected chi connectivity index (χ0v) is 21.7. The number of thiazole rings is 1. The van der Waals surface area contributed by atoms with E-state index in [0.717, 1.165) is 11.3 Å². The van der Waals surface area contributed by atoms with Gasteiger partial charge in [0.1, 0.15) is 16.2 Å². The van der Waals surface area contributed by atoms with Crippen LogP contribution in [0.1, 0.15) is 71.1 Å². The number of hydrazone groups is 1. The van der Waals surface area contributed by atoms with E-state index in [2.05, 4.69) is 25.7 Å². The van der Waals surface area contributed by atoms with Gasteiger partial charge in [0.2, 0.25) is 5.91 Å². The fourth-order valence-electron chi connectivity index (χ4n) is 3.43. The van der Waals surface area contributed by atoms with Gasteiger partial charge >= 0.3 is 5.97 Å². The minimum absolute atomic E-state index is 0.0178. The Balaban J connectivity index is 1.62. The molecule has 3 rings (SSSR count). The van der Waals surface area contributed by atoms with Gasteiger partial charge in [0.25, 0.3) is 5.91 Å². The molecule has 190 valence electrons. The van der Waals surface area contributed by atoms with E-state index in [1.807, 2.05) is 19.2 Å². The molecule has 0 bridgehead atoms. The topological polar surface area (TPSA) is 150 Å². The van der Waals surface area contributed by atoms with Gasteiger partial charge < -0.3 is 15.4 Å². The highest BCUT2D eigenvalue weighted by atomic mass is 32.1. The first-order valence-corrected chi connectivity index (χ1v) is 12.2. The van der Waals surface area contributed by atoms with Gasteiger partial charge in [0, 0.05) is 26.2 Å². The molecular formula is C24H29N7O4S. The molecule has 2 atom stereocenters. The number of carbonyl (C=O) groups excluding carboxylic acids is 3. The molecule has 0 saturated carbocycles. The van der Waals surface area contributed by atoms with Crippen molar-refractivity contribution in [3.8, 4) is 6.07 Å². The molecular weight excluding hydrogens is 482 g/mol. The number of nitrogens with zero attached hydrogens (tertiary/aromatic N) is 5. The van der Waals surface area contributed by atoms with Crippen LogP contribution in [-0.4, -0.2) is 64.2 Å². The maximum atomic E-state index is 12.8. The normalized spacial score (nSPS) is 15.8. The van der Waals surface area contributed by atoms with Crippen LogP contribution in [-0.2, 0) is 9.53 Å². The summed E-state index contributed by atoms with van der Waals surface area (Å²) in [6, 6.07) is 6.40. The van der Waals surface area contributed by atoms with E-state index in [1.165, 1.54) is 0 Å². The van der Waals surface area contributed by atoms with E-state index in [1.54, 1.807) is 51.1 Å². The van der Waals surface area contributed by atoms with Crippen LogP contribution in [0.15, 0.2) is 23.3 Å². The molecule has 0 fully saturated rings. The number of amides is 2. The Morgan fingerprint density at radius 1 is 1.31 bits per heavy atom.